The third kappa shape index (κ3) is 4.06. The average Bonchev–Trinajstić information content (AvgIpc) is 3.00. The third-order valence-electron chi connectivity index (χ3n) is 4.36. The van der Waals surface area contributed by atoms with Crippen LogP contribution < -0.4 is 10.2 Å². The molecule has 28 heavy (non-hydrogen) atoms. The molecule has 0 bridgehead atoms. The molecule has 1 aliphatic heterocycles. The summed E-state index contributed by atoms with van der Waals surface area (Å²) in [7, 11) is 1.46. The Morgan fingerprint density at radius 1 is 1.21 bits per heavy atom. The molecule has 0 unspecified atom stereocenters. The standard InChI is InChI=1S/C21H18ClN3O2S/c1-13-3-5-14(6-4-13)11-18-20(27)25(16-9-7-15(22)8-10-16)21(28-18)17(12-23)19(26)24-2/h3-10,18H,11H2,1-2H3,(H,24,26)/b21-17-/t18-/m1/s1. The van der Waals surface area contributed by atoms with Gasteiger partial charge in [-0.3, -0.25) is 14.5 Å². The molecule has 142 valence electrons. The fourth-order valence-electron chi connectivity index (χ4n) is 2.88. The normalized spacial score (nSPS) is 18.0. The van der Waals surface area contributed by atoms with Crippen molar-refractivity contribution < 1.29 is 9.59 Å². The number of amides is 2. The molecule has 0 radical (unpaired) electrons. The summed E-state index contributed by atoms with van der Waals surface area (Å²) in [6.07, 6.45) is 0.504. The van der Waals surface area contributed by atoms with Gasteiger partial charge in [-0.25, -0.2) is 0 Å². The molecule has 1 heterocycles. The molecular formula is C21H18ClN3O2S. The van der Waals surface area contributed by atoms with Gasteiger partial charge in [0.25, 0.3) is 5.91 Å². The number of rotatable bonds is 4. The maximum atomic E-state index is 13.2. The maximum absolute atomic E-state index is 13.2. The fraction of sp³-hybridized carbons (Fsp3) is 0.190. The zero-order valence-electron chi connectivity index (χ0n) is 15.4. The van der Waals surface area contributed by atoms with Crippen molar-refractivity contribution in [3.05, 3.63) is 75.3 Å². The van der Waals surface area contributed by atoms with Gasteiger partial charge in [-0.05, 0) is 43.2 Å². The van der Waals surface area contributed by atoms with Crippen LogP contribution in [0.3, 0.4) is 0 Å². The second kappa shape index (κ2) is 8.51. The summed E-state index contributed by atoms with van der Waals surface area (Å²) < 4.78 is 0. The van der Waals surface area contributed by atoms with Crippen LogP contribution in [0.25, 0.3) is 0 Å². The topological polar surface area (TPSA) is 73.2 Å². The Morgan fingerprint density at radius 3 is 2.43 bits per heavy atom. The zero-order valence-corrected chi connectivity index (χ0v) is 17.0. The summed E-state index contributed by atoms with van der Waals surface area (Å²) in [5.41, 5.74) is 2.65. The number of nitriles is 1. The van der Waals surface area contributed by atoms with E-state index in [0.29, 0.717) is 22.2 Å². The Hall–Kier alpha value is -2.75. The molecule has 0 spiro atoms. The van der Waals surface area contributed by atoms with Gasteiger partial charge in [-0.15, -0.1) is 0 Å². The number of carbonyl (C=O) groups is 2. The van der Waals surface area contributed by atoms with Crippen LogP contribution in [0.5, 0.6) is 0 Å². The molecule has 2 amide bonds. The van der Waals surface area contributed by atoms with Crippen LogP contribution >= 0.6 is 23.4 Å². The lowest BCUT2D eigenvalue weighted by Crippen LogP contribution is -2.31. The van der Waals surface area contributed by atoms with E-state index >= 15 is 0 Å². The second-order valence-corrected chi connectivity index (χ2v) is 7.95. The Kier molecular flexibility index (Phi) is 6.08. The van der Waals surface area contributed by atoms with E-state index < -0.39 is 11.2 Å². The van der Waals surface area contributed by atoms with Gasteiger partial charge in [-0.2, -0.15) is 5.26 Å². The molecule has 1 fully saturated rings. The number of hydrogen-bond acceptors (Lipinski definition) is 4. The Bertz CT molecular complexity index is 978. The highest BCUT2D eigenvalue weighted by atomic mass is 35.5. The number of nitrogens with one attached hydrogen (secondary N) is 1. The third-order valence-corrected chi connectivity index (χ3v) is 5.87. The van der Waals surface area contributed by atoms with Crippen LogP contribution in [-0.2, 0) is 16.0 Å². The van der Waals surface area contributed by atoms with Crippen LogP contribution in [-0.4, -0.2) is 24.1 Å². The maximum Gasteiger partial charge on any atom is 0.264 e. The minimum Gasteiger partial charge on any atom is -0.354 e. The van der Waals surface area contributed by atoms with Crippen LogP contribution in [0.2, 0.25) is 5.02 Å². The first-order valence-electron chi connectivity index (χ1n) is 8.62. The molecule has 1 saturated heterocycles. The van der Waals surface area contributed by atoms with Gasteiger partial charge < -0.3 is 5.32 Å². The van der Waals surface area contributed by atoms with Gasteiger partial charge in [0.05, 0.1) is 5.25 Å². The van der Waals surface area contributed by atoms with E-state index in [2.05, 4.69) is 5.32 Å². The molecule has 7 heteroatoms. The van der Waals surface area contributed by atoms with Gasteiger partial charge in [0.15, 0.2) is 0 Å². The largest absolute Gasteiger partial charge is 0.354 e. The van der Waals surface area contributed by atoms with Crippen LogP contribution in [0.4, 0.5) is 5.69 Å². The highest BCUT2D eigenvalue weighted by molar-refractivity contribution is 8.05. The molecule has 5 nitrogen and oxygen atoms in total. The minimum atomic E-state index is -0.521. The Balaban J connectivity index is 2.03. The van der Waals surface area contributed by atoms with Gasteiger partial charge in [0, 0.05) is 17.8 Å². The molecule has 1 aliphatic rings. The van der Waals surface area contributed by atoms with Crippen molar-refractivity contribution in [2.45, 2.75) is 18.6 Å². The predicted molar refractivity (Wildman–Crippen MR) is 112 cm³/mol. The first-order chi connectivity index (χ1) is 13.4. The van der Waals surface area contributed by atoms with Gasteiger partial charge in [0.2, 0.25) is 5.91 Å². The molecule has 2 aromatic rings. The number of halogens is 1. The first kappa shape index (κ1) is 20.0. The number of aryl methyl sites for hydroxylation is 1. The smallest absolute Gasteiger partial charge is 0.264 e. The van der Waals surface area contributed by atoms with Crippen molar-refractivity contribution in [3.63, 3.8) is 0 Å². The number of benzene rings is 2. The van der Waals surface area contributed by atoms with Crippen molar-refractivity contribution >= 4 is 40.9 Å². The number of likely N-dealkylation sites (N-methyl/N-ethyl adjacent to an activating group) is 1. The molecule has 3 rings (SSSR count). The molecule has 1 atom stereocenters. The summed E-state index contributed by atoms with van der Waals surface area (Å²) in [5.74, 6) is -0.688. The summed E-state index contributed by atoms with van der Waals surface area (Å²) in [4.78, 5) is 26.8. The Morgan fingerprint density at radius 2 is 1.86 bits per heavy atom. The predicted octanol–water partition coefficient (Wildman–Crippen LogP) is 3.82. The van der Waals surface area contributed by atoms with Crippen LogP contribution in [0.15, 0.2) is 59.1 Å². The highest BCUT2D eigenvalue weighted by Crippen LogP contribution is 2.42. The summed E-state index contributed by atoms with van der Waals surface area (Å²) >= 11 is 7.21. The highest BCUT2D eigenvalue weighted by Gasteiger charge is 2.40. The number of thioether (sulfide) groups is 1. The van der Waals surface area contributed by atoms with E-state index in [4.69, 9.17) is 11.6 Å². The average molecular weight is 412 g/mol. The van der Waals surface area contributed by atoms with E-state index in [1.165, 1.54) is 23.7 Å². The molecule has 0 aliphatic carbocycles. The monoisotopic (exact) mass is 411 g/mol. The fourth-order valence-corrected chi connectivity index (χ4v) is 4.31. The number of carbonyl (C=O) groups excluding carboxylic acids is 2. The lowest BCUT2D eigenvalue weighted by Gasteiger charge is -2.18. The molecule has 1 N–H and O–H groups in total. The molecular weight excluding hydrogens is 394 g/mol. The van der Waals surface area contributed by atoms with Crippen LogP contribution in [0.1, 0.15) is 11.1 Å². The van der Waals surface area contributed by atoms with Crippen molar-refractivity contribution in [1.29, 1.82) is 5.26 Å². The van der Waals surface area contributed by atoms with E-state index in [1.54, 1.807) is 24.3 Å². The van der Waals surface area contributed by atoms with Crippen molar-refractivity contribution in [2.24, 2.45) is 0 Å². The lowest BCUT2D eigenvalue weighted by atomic mass is 10.1. The lowest BCUT2D eigenvalue weighted by molar-refractivity contribution is -0.117. The van der Waals surface area contributed by atoms with Crippen LogP contribution in [0, 0.1) is 18.3 Å². The van der Waals surface area contributed by atoms with E-state index in [9.17, 15) is 14.9 Å². The molecule has 0 aromatic heterocycles. The van der Waals surface area contributed by atoms with E-state index in [-0.39, 0.29) is 11.5 Å². The second-order valence-electron chi connectivity index (χ2n) is 6.32. The van der Waals surface area contributed by atoms with E-state index in [1.807, 2.05) is 37.3 Å². The first-order valence-corrected chi connectivity index (χ1v) is 9.88. The number of hydrogen-bond donors (Lipinski definition) is 1. The zero-order chi connectivity index (χ0) is 20.3. The van der Waals surface area contributed by atoms with Gasteiger partial charge in [0.1, 0.15) is 16.7 Å². The summed E-state index contributed by atoms with van der Waals surface area (Å²) in [6, 6.07) is 16.7. The SMILES string of the molecule is CNC(=O)/C(C#N)=C1\S[C@H](Cc2ccc(C)cc2)C(=O)N1c1ccc(Cl)cc1. The summed E-state index contributed by atoms with van der Waals surface area (Å²) in [5, 5.41) is 12.5. The van der Waals surface area contributed by atoms with Crippen molar-refractivity contribution in [2.75, 3.05) is 11.9 Å². The van der Waals surface area contributed by atoms with Gasteiger partial charge >= 0.3 is 0 Å². The van der Waals surface area contributed by atoms with Crippen molar-refractivity contribution in [1.82, 2.24) is 5.32 Å². The molecule has 0 saturated carbocycles. The quantitative estimate of drug-likeness (QED) is 0.613. The Labute approximate surface area is 173 Å². The number of anilines is 1. The summed E-state index contributed by atoms with van der Waals surface area (Å²) in [6.45, 7) is 2.00. The minimum absolute atomic E-state index is 0.0813. The number of nitrogens with zero attached hydrogens (tertiary/aromatic N) is 2. The van der Waals surface area contributed by atoms with Gasteiger partial charge in [-0.1, -0.05) is 53.2 Å². The molecule has 2 aromatic carbocycles. The van der Waals surface area contributed by atoms with Crippen molar-refractivity contribution in [3.8, 4) is 6.07 Å². The van der Waals surface area contributed by atoms with E-state index in [0.717, 1.165) is 11.1 Å².